The van der Waals surface area contributed by atoms with E-state index in [0.717, 1.165) is 39.4 Å². The summed E-state index contributed by atoms with van der Waals surface area (Å²) >= 11 is 1.54. The summed E-state index contributed by atoms with van der Waals surface area (Å²) in [7, 11) is 0. The van der Waals surface area contributed by atoms with E-state index in [0.29, 0.717) is 17.7 Å². The van der Waals surface area contributed by atoms with Gasteiger partial charge in [-0.15, -0.1) is 16.4 Å². The third-order valence-corrected chi connectivity index (χ3v) is 6.14. The minimum Gasteiger partial charge on any atom is -0.508 e. The maximum atomic E-state index is 13.4. The number of aromatic hydroxyl groups is 1. The predicted octanol–water partition coefficient (Wildman–Crippen LogP) is 3.66. The molecule has 4 aromatic rings. The molecule has 1 fully saturated rings. The van der Waals surface area contributed by atoms with E-state index in [1.807, 2.05) is 0 Å². The summed E-state index contributed by atoms with van der Waals surface area (Å²) in [5.41, 5.74) is -0.586. The number of hydrogen-bond donors (Lipinski definition) is 2. The lowest BCUT2D eigenvalue weighted by Gasteiger charge is -2.12. The van der Waals surface area contributed by atoms with Crippen LogP contribution in [0.1, 0.15) is 46.7 Å². The van der Waals surface area contributed by atoms with Crippen molar-refractivity contribution in [3.63, 3.8) is 0 Å². The molecule has 11 heteroatoms. The number of thiazole rings is 1. The standard InChI is InChI=1S/C18H14F3N5O2S/c19-18(20,21)11-5-10(27)3-4-13(11)26-7-12(23-24-26)16(28)15-17(9-1-2-9)29-14-6-22-8-25(14)15/h3-9,16,27-28H,1-2H2. The first-order valence-corrected chi connectivity index (χ1v) is 9.60. The lowest BCUT2D eigenvalue weighted by molar-refractivity contribution is -0.137. The lowest BCUT2D eigenvalue weighted by Crippen LogP contribution is -2.11. The summed E-state index contributed by atoms with van der Waals surface area (Å²) < 4.78 is 42.8. The zero-order valence-electron chi connectivity index (χ0n) is 14.7. The van der Waals surface area contributed by atoms with Gasteiger partial charge in [-0.1, -0.05) is 5.21 Å². The van der Waals surface area contributed by atoms with Gasteiger partial charge in [0, 0.05) is 4.88 Å². The number of rotatable bonds is 4. The zero-order valence-corrected chi connectivity index (χ0v) is 15.5. The molecule has 29 heavy (non-hydrogen) atoms. The number of aromatic nitrogens is 5. The van der Waals surface area contributed by atoms with Crippen molar-refractivity contribution in [2.75, 3.05) is 0 Å². The van der Waals surface area contributed by atoms with Gasteiger partial charge >= 0.3 is 6.18 Å². The molecule has 0 spiro atoms. The number of aliphatic hydroxyl groups excluding tert-OH is 1. The van der Waals surface area contributed by atoms with Gasteiger partial charge in [0.25, 0.3) is 0 Å². The van der Waals surface area contributed by atoms with E-state index < -0.39 is 23.6 Å². The molecule has 1 saturated carbocycles. The molecule has 5 rings (SSSR count). The highest BCUT2D eigenvalue weighted by molar-refractivity contribution is 7.17. The van der Waals surface area contributed by atoms with E-state index in [9.17, 15) is 23.4 Å². The Balaban J connectivity index is 1.57. The Kier molecular flexibility index (Phi) is 3.93. The fourth-order valence-electron chi connectivity index (χ4n) is 3.34. The molecule has 1 aliphatic carbocycles. The Bertz CT molecular complexity index is 1210. The van der Waals surface area contributed by atoms with Crippen LogP contribution in [-0.2, 0) is 6.18 Å². The van der Waals surface area contributed by atoms with Crippen molar-refractivity contribution in [1.82, 2.24) is 24.4 Å². The van der Waals surface area contributed by atoms with Crippen molar-refractivity contribution in [2.24, 2.45) is 0 Å². The predicted molar refractivity (Wildman–Crippen MR) is 97.1 cm³/mol. The van der Waals surface area contributed by atoms with Gasteiger partial charge in [-0.05, 0) is 37.0 Å². The Morgan fingerprint density at radius 2 is 2.03 bits per heavy atom. The van der Waals surface area contributed by atoms with Crippen LogP contribution in [0.15, 0.2) is 36.9 Å². The van der Waals surface area contributed by atoms with Gasteiger partial charge < -0.3 is 10.2 Å². The van der Waals surface area contributed by atoms with Gasteiger partial charge in [0.15, 0.2) is 0 Å². The highest BCUT2D eigenvalue weighted by atomic mass is 32.1. The number of benzene rings is 1. The van der Waals surface area contributed by atoms with Crippen LogP contribution in [0.2, 0.25) is 0 Å². The fourth-order valence-corrected chi connectivity index (χ4v) is 4.64. The number of fused-ring (bicyclic) bond motifs is 1. The topological polar surface area (TPSA) is 88.5 Å². The Labute approximate surface area is 165 Å². The van der Waals surface area contributed by atoms with E-state index in [2.05, 4.69) is 15.3 Å². The van der Waals surface area contributed by atoms with Crippen molar-refractivity contribution in [3.05, 3.63) is 58.7 Å². The van der Waals surface area contributed by atoms with E-state index in [-0.39, 0.29) is 11.4 Å². The van der Waals surface area contributed by atoms with Gasteiger partial charge in [0.05, 0.1) is 29.3 Å². The van der Waals surface area contributed by atoms with Crippen LogP contribution in [0, 0.1) is 0 Å². The number of aliphatic hydroxyl groups is 1. The van der Waals surface area contributed by atoms with E-state index >= 15 is 0 Å². The molecule has 2 N–H and O–H groups in total. The number of imidazole rings is 1. The Morgan fingerprint density at radius 1 is 1.24 bits per heavy atom. The smallest absolute Gasteiger partial charge is 0.418 e. The summed E-state index contributed by atoms with van der Waals surface area (Å²) in [5, 5.41) is 28.1. The quantitative estimate of drug-likeness (QED) is 0.525. The second-order valence-electron chi connectivity index (χ2n) is 6.92. The normalized spacial score (nSPS) is 15.9. The third kappa shape index (κ3) is 3.06. The van der Waals surface area contributed by atoms with Crippen molar-refractivity contribution in [1.29, 1.82) is 0 Å². The molecule has 150 valence electrons. The van der Waals surface area contributed by atoms with Crippen LogP contribution in [0.5, 0.6) is 5.75 Å². The molecule has 1 aromatic carbocycles. The van der Waals surface area contributed by atoms with E-state index in [4.69, 9.17) is 0 Å². The van der Waals surface area contributed by atoms with Crippen LogP contribution in [0.3, 0.4) is 0 Å². The largest absolute Gasteiger partial charge is 0.508 e. The molecule has 1 aliphatic rings. The monoisotopic (exact) mass is 421 g/mol. The van der Waals surface area contributed by atoms with Crippen molar-refractivity contribution >= 4 is 16.2 Å². The number of phenols is 1. The maximum absolute atomic E-state index is 13.4. The van der Waals surface area contributed by atoms with Crippen LogP contribution in [-0.4, -0.2) is 34.6 Å². The van der Waals surface area contributed by atoms with E-state index in [1.54, 1.807) is 28.3 Å². The molecule has 1 atom stereocenters. The minimum absolute atomic E-state index is 0.126. The first-order valence-electron chi connectivity index (χ1n) is 8.78. The summed E-state index contributed by atoms with van der Waals surface area (Å²) in [6.45, 7) is 0. The van der Waals surface area contributed by atoms with Crippen LogP contribution < -0.4 is 0 Å². The zero-order chi connectivity index (χ0) is 20.3. The summed E-state index contributed by atoms with van der Waals surface area (Å²) in [6, 6.07) is 2.88. The third-order valence-electron chi connectivity index (χ3n) is 4.86. The molecule has 1 unspecified atom stereocenters. The average molecular weight is 421 g/mol. The number of alkyl halides is 3. The van der Waals surface area contributed by atoms with Crippen molar-refractivity contribution in [3.8, 4) is 11.4 Å². The number of nitrogens with zero attached hydrogens (tertiary/aromatic N) is 5. The number of halogens is 3. The maximum Gasteiger partial charge on any atom is 0.418 e. The molecular formula is C18H14F3N5O2S. The van der Waals surface area contributed by atoms with E-state index in [1.165, 1.54) is 6.20 Å². The second-order valence-corrected chi connectivity index (χ2v) is 7.98. The molecule has 0 bridgehead atoms. The molecule has 7 nitrogen and oxygen atoms in total. The molecule has 3 heterocycles. The van der Waals surface area contributed by atoms with Gasteiger partial charge in [-0.3, -0.25) is 4.40 Å². The molecule has 3 aromatic heterocycles. The van der Waals surface area contributed by atoms with Gasteiger partial charge in [0.1, 0.15) is 28.7 Å². The molecule has 0 radical (unpaired) electrons. The highest BCUT2D eigenvalue weighted by Crippen LogP contribution is 2.47. The highest BCUT2D eigenvalue weighted by Gasteiger charge is 2.36. The molecule has 0 saturated heterocycles. The van der Waals surface area contributed by atoms with Gasteiger partial charge in [-0.2, -0.15) is 13.2 Å². The summed E-state index contributed by atoms with van der Waals surface area (Å²) in [4.78, 5) is 6.00. The molecular weight excluding hydrogens is 407 g/mol. The lowest BCUT2D eigenvalue weighted by atomic mass is 10.1. The van der Waals surface area contributed by atoms with Gasteiger partial charge in [0.2, 0.25) is 0 Å². The first-order chi connectivity index (χ1) is 13.8. The van der Waals surface area contributed by atoms with Crippen LogP contribution >= 0.6 is 11.3 Å². The average Bonchev–Trinajstić information content (AvgIpc) is 3.08. The molecule has 0 amide bonds. The van der Waals surface area contributed by atoms with Gasteiger partial charge in [-0.25, -0.2) is 9.67 Å². The van der Waals surface area contributed by atoms with Crippen molar-refractivity contribution in [2.45, 2.75) is 31.0 Å². The first kappa shape index (κ1) is 18.1. The van der Waals surface area contributed by atoms with Crippen molar-refractivity contribution < 1.29 is 23.4 Å². The number of hydrogen-bond acceptors (Lipinski definition) is 6. The second kappa shape index (κ2) is 6.29. The Morgan fingerprint density at radius 3 is 2.76 bits per heavy atom. The van der Waals surface area contributed by atoms with Crippen LogP contribution in [0.25, 0.3) is 10.5 Å². The molecule has 0 aliphatic heterocycles. The van der Waals surface area contributed by atoms with Crippen LogP contribution in [0.4, 0.5) is 13.2 Å². The minimum atomic E-state index is -4.69. The number of phenolic OH excluding ortho intramolecular Hbond substituents is 1. The fraction of sp³-hybridized carbons (Fsp3) is 0.278. The summed E-state index contributed by atoms with van der Waals surface area (Å²) in [6.07, 6.45) is 0.793. The SMILES string of the molecule is Oc1ccc(-n2cc(C(O)c3c(C4CC4)sc4cncn34)nn2)c(C(F)(F)F)c1. The summed E-state index contributed by atoms with van der Waals surface area (Å²) in [5.74, 6) is -0.134. The Hall–Kier alpha value is -2.92.